The van der Waals surface area contributed by atoms with Crippen molar-refractivity contribution in [1.29, 1.82) is 0 Å². The number of benzene rings is 1. The van der Waals surface area contributed by atoms with E-state index >= 15 is 0 Å². The molecular formula is C12H13F2N3O. The molecule has 96 valence electrons. The summed E-state index contributed by atoms with van der Waals surface area (Å²) < 4.78 is 31.6. The van der Waals surface area contributed by atoms with Crippen molar-refractivity contribution in [3.05, 3.63) is 41.1 Å². The summed E-state index contributed by atoms with van der Waals surface area (Å²) in [5.74, 6) is -0.333. The van der Waals surface area contributed by atoms with Gasteiger partial charge in [-0.25, -0.2) is 13.8 Å². The number of aryl methyl sites for hydroxylation is 2. The van der Waals surface area contributed by atoms with Gasteiger partial charge in [-0.05, 0) is 19.9 Å². The van der Waals surface area contributed by atoms with Gasteiger partial charge in [0.25, 0.3) is 0 Å². The second-order valence-electron chi connectivity index (χ2n) is 3.95. The number of nitrogens with two attached hydrogens (primary N) is 1. The van der Waals surface area contributed by atoms with Crippen molar-refractivity contribution in [1.82, 2.24) is 4.98 Å². The Morgan fingerprint density at radius 1 is 1.33 bits per heavy atom. The van der Waals surface area contributed by atoms with Gasteiger partial charge in [-0.1, -0.05) is 0 Å². The van der Waals surface area contributed by atoms with E-state index in [0.717, 1.165) is 17.8 Å². The quantitative estimate of drug-likeness (QED) is 0.825. The second kappa shape index (κ2) is 4.64. The fraction of sp³-hybridized carbons (Fsp3) is 0.250. The molecule has 0 aliphatic heterocycles. The van der Waals surface area contributed by atoms with Crippen LogP contribution < -0.4 is 11.1 Å². The third-order valence-corrected chi connectivity index (χ3v) is 2.60. The number of hydrogen-bond donors (Lipinski definition) is 2. The number of rotatable bonds is 3. The van der Waals surface area contributed by atoms with E-state index in [-0.39, 0.29) is 17.9 Å². The minimum absolute atomic E-state index is 0.128. The zero-order valence-corrected chi connectivity index (χ0v) is 10.1. The van der Waals surface area contributed by atoms with E-state index in [0.29, 0.717) is 11.7 Å². The van der Waals surface area contributed by atoms with Gasteiger partial charge in [0.05, 0.1) is 23.6 Å². The maximum Gasteiger partial charge on any atom is 0.213 e. The molecule has 1 aromatic heterocycles. The van der Waals surface area contributed by atoms with E-state index in [1.54, 1.807) is 6.92 Å². The fourth-order valence-corrected chi connectivity index (χ4v) is 1.52. The molecule has 18 heavy (non-hydrogen) atoms. The molecule has 3 N–H and O–H groups in total. The number of hydrogen-bond acceptors (Lipinski definition) is 4. The molecule has 0 bridgehead atoms. The maximum absolute atomic E-state index is 13.2. The molecule has 1 heterocycles. The van der Waals surface area contributed by atoms with Gasteiger partial charge in [0.15, 0.2) is 5.82 Å². The summed E-state index contributed by atoms with van der Waals surface area (Å²) in [6.07, 6.45) is 0. The SMILES string of the molecule is Cc1nc(CNc2cc(F)cc(F)c2N)oc1C. The highest BCUT2D eigenvalue weighted by Gasteiger charge is 2.10. The normalized spacial score (nSPS) is 10.7. The zero-order valence-electron chi connectivity index (χ0n) is 10.1. The molecule has 0 saturated carbocycles. The molecule has 0 aliphatic rings. The molecular weight excluding hydrogens is 240 g/mol. The highest BCUT2D eigenvalue weighted by Crippen LogP contribution is 2.24. The lowest BCUT2D eigenvalue weighted by molar-refractivity contribution is 0.478. The average Bonchev–Trinajstić information content (AvgIpc) is 2.61. The van der Waals surface area contributed by atoms with Crippen LogP contribution in [-0.4, -0.2) is 4.98 Å². The van der Waals surface area contributed by atoms with Crippen LogP contribution in [0.25, 0.3) is 0 Å². The van der Waals surface area contributed by atoms with Gasteiger partial charge in [-0.2, -0.15) is 0 Å². The largest absolute Gasteiger partial charge is 0.444 e. The monoisotopic (exact) mass is 253 g/mol. The molecule has 1 aromatic carbocycles. The summed E-state index contributed by atoms with van der Waals surface area (Å²) in [5.41, 5.74) is 6.33. The number of nitrogens with one attached hydrogen (secondary N) is 1. The maximum atomic E-state index is 13.2. The molecule has 2 aromatic rings. The first-order valence-corrected chi connectivity index (χ1v) is 5.38. The van der Waals surface area contributed by atoms with Crippen LogP contribution in [0.3, 0.4) is 0 Å². The van der Waals surface area contributed by atoms with Crippen LogP contribution in [0.1, 0.15) is 17.3 Å². The van der Waals surface area contributed by atoms with Gasteiger partial charge in [0.1, 0.15) is 11.6 Å². The van der Waals surface area contributed by atoms with Crippen LogP contribution in [0.2, 0.25) is 0 Å². The minimum atomic E-state index is -0.794. The smallest absolute Gasteiger partial charge is 0.213 e. The third kappa shape index (κ3) is 2.42. The lowest BCUT2D eigenvalue weighted by Gasteiger charge is -2.08. The number of halogens is 2. The van der Waals surface area contributed by atoms with Crippen LogP contribution in [0.15, 0.2) is 16.5 Å². The van der Waals surface area contributed by atoms with Gasteiger partial charge in [0.2, 0.25) is 5.89 Å². The van der Waals surface area contributed by atoms with Crippen molar-refractivity contribution < 1.29 is 13.2 Å². The molecule has 0 atom stereocenters. The first-order valence-electron chi connectivity index (χ1n) is 5.38. The van der Waals surface area contributed by atoms with E-state index in [4.69, 9.17) is 10.2 Å². The Hall–Kier alpha value is -2.11. The van der Waals surface area contributed by atoms with Crippen LogP contribution in [0.4, 0.5) is 20.2 Å². The molecule has 0 unspecified atom stereocenters. The van der Waals surface area contributed by atoms with Crippen LogP contribution in [0.5, 0.6) is 0 Å². The second-order valence-corrected chi connectivity index (χ2v) is 3.95. The summed E-state index contributed by atoms with van der Waals surface area (Å²) >= 11 is 0. The predicted octanol–water partition coefficient (Wildman–Crippen LogP) is 2.76. The molecule has 0 fully saturated rings. The topological polar surface area (TPSA) is 64.1 Å². The number of oxazole rings is 1. The summed E-state index contributed by atoms with van der Waals surface area (Å²) in [6.45, 7) is 3.82. The highest BCUT2D eigenvalue weighted by atomic mass is 19.1. The summed E-state index contributed by atoms with van der Waals surface area (Å²) in [5, 5.41) is 2.79. The lowest BCUT2D eigenvalue weighted by Crippen LogP contribution is -2.05. The highest BCUT2D eigenvalue weighted by molar-refractivity contribution is 5.66. The Balaban J connectivity index is 2.15. The van der Waals surface area contributed by atoms with Gasteiger partial charge in [-0.15, -0.1) is 0 Å². The van der Waals surface area contributed by atoms with Crippen molar-refractivity contribution in [3.63, 3.8) is 0 Å². The Labute approximate surface area is 103 Å². The number of nitrogens with zero attached hydrogens (tertiary/aromatic N) is 1. The summed E-state index contributed by atoms with van der Waals surface area (Å²) in [6, 6.07) is 1.86. The van der Waals surface area contributed by atoms with Gasteiger partial charge < -0.3 is 15.5 Å². The zero-order chi connectivity index (χ0) is 13.3. The predicted molar refractivity (Wildman–Crippen MR) is 64.1 cm³/mol. The lowest BCUT2D eigenvalue weighted by atomic mass is 10.2. The van der Waals surface area contributed by atoms with Crippen molar-refractivity contribution in [2.24, 2.45) is 0 Å². The molecule has 0 radical (unpaired) electrons. The molecule has 4 nitrogen and oxygen atoms in total. The average molecular weight is 253 g/mol. The Morgan fingerprint density at radius 3 is 2.67 bits per heavy atom. The van der Waals surface area contributed by atoms with Crippen molar-refractivity contribution in [2.45, 2.75) is 20.4 Å². The number of anilines is 2. The summed E-state index contributed by atoms with van der Waals surface area (Å²) in [7, 11) is 0. The first kappa shape index (κ1) is 12.3. The summed E-state index contributed by atoms with van der Waals surface area (Å²) in [4.78, 5) is 4.14. The third-order valence-electron chi connectivity index (χ3n) is 2.60. The number of nitrogen functional groups attached to an aromatic ring is 1. The number of aromatic nitrogens is 1. The Morgan fingerprint density at radius 2 is 2.06 bits per heavy atom. The van der Waals surface area contributed by atoms with Crippen LogP contribution in [-0.2, 0) is 6.54 Å². The minimum Gasteiger partial charge on any atom is -0.444 e. The van der Waals surface area contributed by atoms with E-state index in [2.05, 4.69) is 10.3 Å². The van der Waals surface area contributed by atoms with Crippen molar-refractivity contribution in [3.8, 4) is 0 Å². The van der Waals surface area contributed by atoms with E-state index in [1.807, 2.05) is 6.92 Å². The van der Waals surface area contributed by atoms with Crippen molar-refractivity contribution >= 4 is 11.4 Å². The van der Waals surface area contributed by atoms with Gasteiger partial charge >= 0.3 is 0 Å². The van der Waals surface area contributed by atoms with Crippen LogP contribution in [0, 0.1) is 25.5 Å². The van der Waals surface area contributed by atoms with Crippen LogP contribution >= 0.6 is 0 Å². The fourth-order valence-electron chi connectivity index (χ4n) is 1.52. The molecule has 0 saturated heterocycles. The van der Waals surface area contributed by atoms with Gasteiger partial charge in [0, 0.05) is 6.07 Å². The first-order chi connectivity index (χ1) is 8.47. The molecule has 2 rings (SSSR count). The standard InChI is InChI=1S/C12H13F2N3O/c1-6-7(2)18-11(17-6)5-16-10-4-8(13)3-9(14)12(10)15/h3-4,16H,5,15H2,1-2H3. The Bertz CT molecular complexity index is 561. The van der Waals surface area contributed by atoms with E-state index in [9.17, 15) is 8.78 Å². The van der Waals surface area contributed by atoms with E-state index in [1.165, 1.54) is 0 Å². The van der Waals surface area contributed by atoms with E-state index < -0.39 is 11.6 Å². The molecule has 0 aliphatic carbocycles. The molecule has 6 heteroatoms. The molecule has 0 amide bonds. The molecule has 0 spiro atoms. The van der Waals surface area contributed by atoms with Crippen molar-refractivity contribution in [2.75, 3.05) is 11.1 Å². The Kier molecular flexibility index (Phi) is 3.18. The van der Waals surface area contributed by atoms with Gasteiger partial charge in [-0.3, -0.25) is 0 Å².